The Balaban J connectivity index is 0.000000314. The van der Waals surface area contributed by atoms with Crippen LogP contribution in [-0.4, -0.2) is 80.0 Å². The Labute approximate surface area is 164 Å². The Morgan fingerprint density at radius 1 is 1.07 bits per heavy atom. The lowest BCUT2D eigenvalue weighted by Crippen LogP contribution is -2.32. The summed E-state index contributed by atoms with van der Waals surface area (Å²) in [6.45, 7) is 3.57. The molecule has 0 radical (unpaired) electrons. The van der Waals surface area contributed by atoms with Crippen molar-refractivity contribution in [2.75, 3.05) is 39.5 Å². The maximum absolute atomic E-state index is 9.15. The van der Waals surface area contributed by atoms with Crippen LogP contribution in [0.4, 0.5) is 0 Å². The SMILES string of the molecule is C[C@@H](Cc1nc(-c2ccccc2)no1)C(O)=S.OCCN(CCO)CCO. The number of hydrogen-bond donors (Lipinski definition) is 4. The second-order valence-electron chi connectivity index (χ2n) is 5.83. The van der Waals surface area contributed by atoms with Gasteiger partial charge in [-0.1, -0.05) is 42.4 Å². The van der Waals surface area contributed by atoms with Crippen molar-refractivity contribution in [3.63, 3.8) is 0 Å². The minimum atomic E-state index is -0.158. The molecule has 0 aliphatic rings. The largest absolute Gasteiger partial charge is 0.502 e. The van der Waals surface area contributed by atoms with E-state index in [-0.39, 0.29) is 30.8 Å². The number of rotatable bonds is 10. The van der Waals surface area contributed by atoms with Gasteiger partial charge in [-0.3, -0.25) is 4.90 Å². The first kappa shape index (κ1) is 23.1. The predicted molar refractivity (Wildman–Crippen MR) is 106 cm³/mol. The maximum Gasteiger partial charge on any atom is 0.227 e. The lowest BCUT2D eigenvalue weighted by molar-refractivity contribution is 0.136. The summed E-state index contributed by atoms with van der Waals surface area (Å²) in [4.78, 5) is 6.05. The molecule has 1 atom stereocenters. The summed E-state index contributed by atoms with van der Waals surface area (Å²) in [5.41, 5.74) is 0.904. The monoisotopic (exact) mass is 397 g/mol. The lowest BCUT2D eigenvalue weighted by Gasteiger charge is -2.17. The molecule has 0 unspecified atom stereocenters. The number of aliphatic hydroxyl groups excluding tert-OH is 4. The first-order chi connectivity index (χ1) is 13.0. The van der Waals surface area contributed by atoms with Crippen molar-refractivity contribution in [3.8, 4) is 11.4 Å². The number of thiocarbonyl (C=S) groups is 1. The molecule has 8 nitrogen and oxygen atoms in total. The fourth-order valence-corrected chi connectivity index (χ4v) is 2.23. The molecule has 0 saturated heterocycles. The fourth-order valence-electron chi connectivity index (χ4n) is 2.15. The highest BCUT2D eigenvalue weighted by atomic mass is 32.1. The van der Waals surface area contributed by atoms with E-state index in [1.807, 2.05) is 37.3 Å². The molecule has 4 N–H and O–H groups in total. The summed E-state index contributed by atoms with van der Waals surface area (Å²) in [5, 5.41) is 38.5. The van der Waals surface area contributed by atoms with E-state index in [0.717, 1.165) is 5.56 Å². The molecule has 0 amide bonds. The molecule has 0 saturated carbocycles. The van der Waals surface area contributed by atoms with Crippen LogP contribution in [0.3, 0.4) is 0 Å². The van der Waals surface area contributed by atoms with Gasteiger partial charge in [0.15, 0.2) is 5.05 Å². The molecule has 2 aromatic rings. The van der Waals surface area contributed by atoms with Gasteiger partial charge in [0, 0.05) is 37.5 Å². The highest BCUT2D eigenvalue weighted by Gasteiger charge is 2.14. The van der Waals surface area contributed by atoms with E-state index in [1.165, 1.54) is 0 Å². The van der Waals surface area contributed by atoms with E-state index in [1.54, 1.807) is 4.90 Å². The standard InChI is InChI=1S/C12H12N2O2S.C6H15NO3/c1-8(12(15)17)7-10-13-11(14-16-10)9-5-3-2-4-6-9;8-4-1-7(2-5-9)3-6-10/h2-6,8H,7H2,1H3,(H,15,17);8-10H,1-6H2/t8-;/m0./s1. The molecule has 9 heteroatoms. The third-order valence-electron chi connectivity index (χ3n) is 3.65. The topological polar surface area (TPSA) is 123 Å². The molecule has 2 rings (SSSR count). The van der Waals surface area contributed by atoms with E-state index in [4.69, 9.17) is 24.9 Å². The number of benzene rings is 1. The van der Waals surface area contributed by atoms with E-state index in [2.05, 4.69) is 22.4 Å². The van der Waals surface area contributed by atoms with Crippen molar-refractivity contribution in [2.24, 2.45) is 5.92 Å². The maximum atomic E-state index is 9.15. The highest BCUT2D eigenvalue weighted by Crippen LogP contribution is 2.16. The van der Waals surface area contributed by atoms with Gasteiger partial charge in [0.2, 0.25) is 11.7 Å². The molecular weight excluding hydrogens is 370 g/mol. The summed E-state index contributed by atoms with van der Waals surface area (Å²) < 4.78 is 5.11. The Morgan fingerprint density at radius 3 is 2.11 bits per heavy atom. The van der Waals surface area contributed by atoms with E-state index in [9.17, 15) is 0 Å². The van der Waals surface area contributed by atoms with Gasteiger partial charge in [-0.05, 0) is 12.2 Å². The predicted octanol–water partition coefficient (Wildman–Crippen LogP) is 1.07. The number of aliphatic hydroxyl groups is 4. The minimum absolute atomic E-state index is 0.0375. The van der Waals surface area contributed by atoms with Crippen LogP contribution in [0.2, 0.25) is 0 Å². The van der Waals surface area contributed by atoms with Crippen LogP contribution in [-0.2, 0) is 6.42 Å². The van der Waals surface area contributed by atoms with Crippen LogP contribution >= 0.6 is 12.2 Å². The Bertz CT molecular complexity index is 639. The zero-order valence-corrected chi connectivity index (χ0v) is 16.2. The Morgan fingerprint density at radius 2 is 1.63 bits per heavy atom. The minimum Gasteiger partial charge on any atom is -0.502 e. The molecule has 0 aliphatic heterocycles. The number of aromatic nitrogens is 2. The van der Waals surface area contributed by atoms with Crippen LogP contribution in [0.15, 0.2) is 34.9 Å². The van der Waals surface area contributed by atoms with E-state index >= 15 is 0 Å². The van der Waals surface area contributed by atoms with Gasteiger partial charge in [0.1, 0.15) is 0 Å². The average Bonchev–Trinajstić information content (AvgIpc) is 3.12. The highest BCUT2D eigenvalue weighted by molar-refractivity contribution is 7.80. The smallest absolute Gasteiger partial charge is 0.227 e. The quantitative estimate of drug-likeness (QED) is 0.436. The molecule has 150 valence electrons. The van der Waals surface area contributed by atoms with Crippen LogP contribution in [0.25, 0.3) is 11.4 Å². The average molecular weight is 397 g/mol. The molecular formula is C18H27N3O5S. The lowest BCUT2D eigenvalue weighted by atomic mass is 10.1. The molecule has 0 fully saturated rings. The number of hydrogen-bond acceptors (Lipinski definition) is 8. The number of nitrogens with zero attached hydrogens (tertiary/aromatic N) is 3. The molecule has 0 aliphatic carbocycles. The van der Waals surface area contributed by atoms with Crippen molar-refractivity contribution in [2.45, 2.75) is 13.3 Å². The third-order valence-corrected chi connectivity index (χ3v) is 4.05. The third kappa shape index (κ3) is 9.03. The van der Waals surface area contributed by atoms with Gasteiger partial charge < -0.3 is 24.9 Å². The van der Waals surface area contributed by atoms with Gasteiger partial charge in [-0.2, -0.15) is 4.98 Å². The molecule has 1 aromatic heterocycles. The van der Waals surface area contributed by atoms with Crippen LogP contribution in [0, 0.1) is 5.92 Å². The van der Waals surface area contributed by atoms with Gasteiger partial charge in [-0.15, -0.1) is 0 Å². The summed E-state index contributed by atoms with van der Waals surface area (Å²) in [5.74, 6) is 0.874. The fraction of sp³-hybridized carbons (Fsp3) is 0.500. The molecule has 1 heterocycles. The van der Waals surface area contributed by atoms with Crippen LogP contribution < -0.4 is 0 Å². The van der Waals surface area contributed by atoms with Crippen molar-refractivity contribution in [1.29, 1.82) is 0 Å². The zero-order valence-electron chi connectivity index (χ0n) is 15.4. The summed E-state index contributed by atoms with van der Waals surface area (Å²) in [7, 11) is 0. The molecule has 27 heavy (non-hydrogen) atoms. The van der Waals surface area contributed by atoms with Crippen molar-refractivity contribution < 1.29 is 24.9 Å². The van der Waals surface area contributed by atoms with Crippen LogP contribution in [0.1, 0.15) is 12.8 Å². The summed E-state index contributed by atoms with van der Waals surface area (Å²) in [6.07, 6.45) is 0.454. The second kappa shape index (κ2) is 13.3. The Kier molecular flexibility index (Phi) is 11.4. The van der Waals surface area contributed by atoms with E-state index < -0.39 is 0 Å². The van der Waals surface area contributed by atoms with Gasteiger partial charge >= 0.3 is 0 Å². The summed E-state index contributed by atoms with van der Waals surface area (Å²) in [6, 6.07) is 9.58. The van der Waals surface area contributed by atoms with Crippen molar-refractivity contribution in [1.82, 2.24) is 15.0 Å². The molecule has 1 aromatic carbocycles. The normalized spacial score (nSPS) is 11.7. The Hall–Kier alpha value is -1.91. The molecule has 0 spiro atoms. The first-order valence-electron chi connectivity index (χ1n) is 8.67. The molecule has 0 bridgehead atoms. The van der Waals surface area contributed by atoms with Crippen molar-refractivity contribution >= 4 is 17.3 Å². The van der Waals surface area contributed by atoms with Gasteiger partial charge in [-0.25, -0.2) is 0 Å². The van der Waals surface area contributed by atoms with E-state index in [0.29, 0.717) is 37.8 Å². The second-order valence-corrected chi connectivity index (χ2v) is 6.25. The van der Waals surface area contributed by atoms with Crippen molar-refractivity contribution in [3.05, 3.63) is 36.2 Å². The van der Waals surface area contributed by atoms with Gasteiger partial charge in [0.05, 0.1) is 19.8 Å². The van der Waals surface area contributed by atoms with Gasteiger partial charge in [0.25, 0.3) is 0 Å². The summed E-state index contributed by atoms with van der Waals surface area (Å²) >= 11 is 4.68. The first-order valence-corrected chi connectivity index (χ1v) is 9.08. The van der Waals surface area contributed by atoms with Crippen LogP contribution in [0.5, 0.6) is 0 Å². The zero-order chi connectivity index (χ0) is 20.1.